The standard InChI is InChI=1S/C17H13BrN4O3S/c18-13-6-7-15(23)12(10-13)11-20-22(9-3-8-19)17-14-4-1-2-5-16(14)26(24,25)21-17/h1-2,4-7,10-11,23H,3,9H2. The molecule has 2 aromatic carbocycles. The first-order valence-corrected chi connectivity index (χ1v) is 9.77. The fourth-order valence-electron chi connectivity index (χ4n) is 2.41. The molecule has 0 saturated heterocycles. The molecule has 3 rings (SSSR count). The molecule has 1 N–H and O–H groups in total. The third-order valence-corrected chi connectivity index (χ3v) is 5.44. The summed E-state index contributed by atoms with van der Waals surface area (Å²) >= 11 is 3.32. The Hall–Kier alpha value is -2.70. The highest BCUT2D eigenvalue weighted by Gasteiger charge is 2.31. The van der Waals surface area contributed by atoms with E-state index >= 15 is 0 Å². The van der Waals surface area contributed by atoms with Crippen LogP contribution in [0.4, 0.5) is 0 Å². The first kappa shape index (κ1) is 18.1. The summed E-state index contributed by atoms with van der Waals surface area (Å²) in [5, 5.41) is 24.4. The SMILES string of the molecule is N#CCCN(N=Cc1cc(Br)ccc1O)C1=NS(=O)(=O)c2ccccc21. The number of hydrogen-bond donors (Lipinski definition) is 1. The van der Waals surface area contributed by atoms with Gasteiger partial charge in [0.2, 0.25) is 0 Å². The van der Waals surface area contributed by atoms with E-state index in [1.54, 1.807) is 30.3 Å². The molecule has 0 unspecified atom stereocenters. The van der Waals surface area contributed by atoms with Crippen LogP contribution in [0.5, 0.6) is 5.75 Å². The Balaban J connectivity index is 2.01. The molecule has 132 valence electrons. The second kappa shape index (κ2) is 7.27. The van der Waals surface area contributed by atoms with Gasteiger partial charge in [-0.25, -0.2) is 5.01 Å². The van der Waals surface area contributed by atoms with Crippen LogP contribution in [-0.4, -0.2) is 37.1 Å². The van der Waals surface area contributed by atoms with Crippen molar-refractivity contribution in [3.8, 4) is 11.8 Å². The van der Waals surface area contributed by atoms with Gasteiger partial charge < -0.3 is 5.11 Å². The normalized spacial score (nSPS) is 14.7. The van der Waals surface area contributed by atoms with E-state index in [4.69, 9.17) is 5.26 Å². The summed E-state index contributed by atoms with van der Waals surface area (Å²) in [7, 11) is -3.79. The highest BCUT2D eigenvalue weighted by atomic mass is 79.9. The molecular weight excluding hydrogens is 420 g/mol. The topological polar surface area (TPSA) is 106 Å². The Morgan fingerprint density at radius 1 is 1.31 bits per heavy atom. The molecule has 0 aromatic heterocycles. The maximum atomic E-state index is 12.2. The molecule has 9 heteroatoms. The van der Waals surface area contributed by atoms with Crippen LogP contribution < -0.4 is 0 Å². The Labute approximate surface area is 159 Å². The van der Waals surface area contributed by atoms with Crippen LogP contribution in [0.15, 0.2) is 61.3 Å². The average Bonchev–Trinajstić information content (AvgIpc) is 2.89. The number of phenols is 1. The molecule has 1 aliphatic rings. The van der Waals surface area contributed by atoms with Gasteiger partial charge >= 0.3 is 0 Å². The van der Waals surface area contributed by atoms with E-state index in [2.05, 4.69) is 25.4 Å². The number of phenolic OH excluding ortho intramolecular Hbond substituents is 1. The van der Waals surface area contributed by atoms with Crippen LogP contribution in [0.3, 0.4) is 0 Å². The van der Waals surface area contributed by atoms with Gasteiger partial charge in [0.05, 0.1) is 25.2 Å². The van der Waals surface area contributed by atoms with Gasteiger partial charge in [0.1, 0.15) is 10.6 Å². The molecule has 1 heterocycles. The fourth-order valence-corrected chi connectivity index (χ4v) is 3.99. The van der Waals surface area contributed by atoms with Crippen LogP contribution in [0, 0.1) is 11.3 Å². The van der Waals surface area contributed by atoms with Crippen LogP contribution in [0.2, 0.25) is 0 Å². The van der Waals surface area contributed by atoms with Crippen LogP contribution in [0.1, 0.15) is 17.5 Å². The number of benzene rings is 2. The van der Waals surface area contributed by atoms with Gasteiger partial charge in [0.15, 0.2) is 5.84 Å². The van der Waals surface area contributed by atoms with E-state index in [1.807, 2.05) is 6.07 Å². The number of fused-ring (bicyclic) bond motifs is 1. The van der Waals surface area contributed by atoms with Gasteiger partial charge in [0, 0.05) is 15.6 Å². The largest absolute Gasteiger partial charge is 0.507 e. The van der Waals surface area contributed by atoms with Crippen molar-refractivity contribution in [1.29, 1.82) is 5.26 Å². The number of nitrogens with zero attached hydrogens (tertiary/aromatic N) is 4. The summed E-state index contributed by atoms with van der Waals surface area (Å²) in [6.45, 7) is 0.157. The molecule has 0 saturated carbocycles. The lowest BCUT2D eigenvalue weighted by molar-refractivity contribution is 0.456. The Bertz CT molecular complexity index is 1060. The zero-order valence-electron chi connectivity index (χ0n) is 13.4. The van der Waals surface area contributed by atoms with Crippen LogP contribution in [-0.2, 0) is 10.0 Å². The number of halogens is 1. The number of aromatic hydroxyl groups is 1. The van der Waals surface area contributed by atoms with Crippen molar-refractivity contribution in [2.24, 2.45) is 9.50 Å². The lowest BCUT2D eigenvalue weighted by Crippen LogP contribution is -2.27. The lowest BCUT2D eigenvalue weighted by atomic mass is 10.2. The fraction of sp³-hybridized carbons (Fsp3) is 0.118. The molecular formula is C17H13BrN4O3S. The minimum atomic E-state index is -3.79. The second-order valence-corrected chi connectivity index (χ2v) is 7.85. The molecule has 0 bridgehead atoms. The van der Waals surface area contributed by atoms with Crippen molar-refractivity contribution in [3.63, 3.8) is 0 Å². The van der Waals surface area contributed by atoms with Crippen molar-refractivity contribution < 1.29 is 13.5 Å². The number of rotatable bonds is 4. The van der Waals surface area contributed by atoms with Gasteiger partial charge in [0.25, 0.3) is 10.0 Å². The monoisotopic (exact) mass is 432 g/mol. The second-order valence-electron chi connectivity index (χ2n) is 5.37. The Kier molecular flexibility index (Phi) is 5.06. The molecule has 26 heavy (non-hydrogen) atoms. The molecule has 0 aliphatic carbocycles. The van der Waals surface area contributed by atoms with Crippen molar-refractivity contribution in [2.75, 3.05) is 6.54 Å². The zero-order valence-corrected chi connectivity index (χ0v) is 15.8. The highest BCUT2D eigenvalue weighted by molar-refractivity contribution is 9.10. The van der Waals surface area contributed by atoms with E-state index in [0.717, 1.165) is 4.47 Å². The van der Waals surface area contributed by atoms with Crippen LogP contribution in [0.25, 0.3) is 0 Å². The van der Waals surface area contributed by atoms with Crippen molar-refractivity contribution in [2.45, 2.75) is 11.3 Å². The number of nitriles is 1. The van der Waals surface area contributed by atoms with Crippen LogP contribution >= 0.6 is 15.9 Å². The highest BCUT2D eigenvalue weighted by Crippen LogP contribution is 2.28. The summed E-state index contributed by atoms with van der Waals surface area (Å²) < 4.78 is 29.0. The Morgan fingerprint density at radius 2 is 2.08 bits per heavy atom. The molecule has 0 amide bonds. The minimum absolute atomic E-state index is 0.0264. The molecule has 0 radical (unpaired) electrons. The number of amidine groups is 1. The summed E-state index contributed by atoms with van der Waals surface area (Å²) in [5.74, 6) is 0.181. The molecule has 0 spiro atoms. The first-order valence-electron chi connectivity index (χ1n) is 7.54. The van der Waals surface area contributed by atoms with Gasteiger partial charge in [-0.05, 0) is 30.3 Å². The third kappa shape index (κ3) is 3.61. The molecule has 1 aliphatic heterocycles. The number of hydrazone groups is 1. The molecule has 7 nitrogen and oxygen atoms in total. The van der Waals surface area contributed by atoms with E-state index in [1.165, 1.54) is 23.4 Å². The maximum absolute atomic E-state index is 12.2. The van der Waals surface area contributed by atoms with E-state index in [-0.39, 0.29) is 29.4 Å². The zero-order chi connectivity index (χ0) is 18.7. The molecule has 0 atom stereocenters. The Morgan fingerprint density at radius 3 is 2.85 bits per heavy atom. The van der Waals surface area contributed by atoms with Crippen molar-refractivity contribution >= 4 is 38.0 Å². The molecule has 2 aromatic rings. The smallest absolute Gasteiger partial charge is 0.285 e. The predicted octanol–water partition coefficient (Wildman–Crippen LogP) is 2.85. The lowest BCUT2D eigenvalue weighted by Gasteiger charge is -2.17. The van der Waals surface area contributed by atoms with Gasteiger partial charge in [-0.2, -0.15) is 18.8 Å². The number of hydrogen-bond acceptors (Lipinski definition) is 6. The maximum Gasteiger partial charge on any atom is 0.285 e. The van der Waals surface area contributed by atoms with E-state index in [0.29, 0.717) is 11.1 Å². The summed E-state index contributed by atoms with van der Waals surface area (Å²) in [5.41, 5.74) is 0.872. The minimum Gasteiger partial charge on any atom is -0.507 e. The van der Waals surface area contributed by atoms with Gasteiger partial charge in [-0.1, -0.05) is 28.1 Å². The average molecular weight is 433 g/mol. The summed E-state index contributed by atoms with van der Waals surface area (Å²) in [6.07, 6.45) is 1.52. The third-order valence-electron chi connectivity index (χ3n) is 3.62. The number of sulfonamides is 1. The quantitative estimate of drug-likeness (QED) is 0.590. The van der Waals surface area contributed by atoms with Gasteiger partial charge in [-0.3, -0.25) is 0 Å². The molecule has 0 fully saturated rings. The summed E-state index contributed by atoms with van der Waals surface area (Å²) in [4.78, 5) is 0.109. The van der Waals surface area contributed by atoms with Crippen molar-refractivity contribution in [1.82, 2.24) is 5.01 Å². The van der Waals surface area contributed by atoms with Gasteiger partial charge in [-0.15, -0.1) is 4.40 Å². The van der Waals surface area contributed by atoms with Crippen molar-refractivity contribution in [3.05, 3.63) is 58.1 Å². The first-order chi connectivity index (χ1) is 12.4. The summed E-state index contributed by atoms with van der Waals surface area (Å²) in [6, 6.07) is 13.3. The van der Waals surface area contributed by atoms with E-state index in [9.17, 15) is 13.5 Å². The van der Waals surface area contributed by atoms with E-state index < -0.39 is 10.0 Å². The predicted molar refractivity (Wildman–Crippen MR) is 101 cm³/mol.